The summed E-state index contributed by atoms with van der Waals surface area (Å²) in [4.78, 5) is 4.38. The van der Waals surface area contributed by atoms with Gasteiger partial charge >= 0.3 is 0 Å². The fourth-order valence-electron chi connectivity index (χ4n) is 5.75. The predicted molar refractivity (Wildman–Crippen MR) is 199 cm³/mol. The second-order valence-electron chi connectivity index (χ2n) is 12.1. The van der Waals surface area contributed by atoms with Crippen molar-refractivity contribution in [1.29, 1.82) is 10.5 Å². The Kier molecular flexibility index (Phi) is 9.19. The van der Waals surface area contributed by atoms with Crippen molar-refractivity contribution in [2.45, 2.75) is 27.7 Å². The van der Waals surface area contributed by atoms with Crippen molar-refractivity contribution in [1.82, 2.24) is 0 Å². The number of anilines is 6. The van der Waals surface area contributed by atoms with Crippen LogP contribution in [0, 0.1) is 50.4 Å². The Morgan fingerprint density at radius 1 is 0.333 bits per heavy atom. The lowest BCUT2D eigenvalue weighted by atomic mass is 9.95. The van der Waals surface area contributed by atoms with Gasteiger partial charge in [0.05, 0.1) is 11.1 Å². The van der Waals surface area contributed by atoms with Gasteiger partial charge in [0.2, 0.25) is 0 Å². The third-order valence-electron chi connectivity index (χ3n) is 8.47. The van der Waals surface area contributed by atoms with Gasteiger partial charge in [-0.2, -0.15) is 10.5 Å². The fraction of sp³-hybridized carbons (Fsp3) is 0.0909. The Balaban J connectivity index is 1.35. The van der Waals surface area contributed by atoms with Crippen LogP contribution in [0.4, 0.5) is 34.1 Å². The molecular weight excluding hydrogens is 585 g/mol. The molecule has 4 nitrogen and oxygen atoms in total. The van der Waals surface area contributed by atoms with Crippen molar-refractivity contribution in [3.8, 4) is 12.1 Å². The monoisotopic (exact) mass is 620 g/mol. The molecule has 0 aromatic heterocycles. The lowest BCUT2D eigenvalue weighted by molar-refractivity contribution is 1.27. The Morgan fingerprint density at radius 2 is 0.521 bits per heavy atom. The van der Waals surface area contributed by atoms with E-state index in [4.69, 9.17) is 0 Å². The molecule has 0 N–H and O–H groups in total. The van der Waals surface area contributed by atoms with E-state index in [-0.39, 0.29) is 0 Å². The van der Waals surface area contributed by atoms with Gasteiger partial charge in [0, 0.05) is 34.1 Å². The van der Waals surface area contributed by atoms with Crippen molar-refractivity contribution < 1.29 is 0 Å². The highest BCUT2D eigenvalue weighted by atomic mass is 15.1. The van der Waals surface area contributed by atoms with Crippen molar-refractivity contribution >= 4 is 45.3 Å². The third kappa shape index (κ3) is 6.75. The molecule has 4 heteroatoms. The van der Waals surface area contributed by atoms with Gasteiger partial charge in [-0.05, 0) is 112 Å². The molecule has 0 atom stereocenters. The van der Waals surface area contributed by atoms with Crippen LogP contribution in [0.1, 0.15) is 33.4 Å². The van der Waals surface area contributed by atoms with Crippen LogP contribution in [-0.4, -0.2) is 0 Å². The zero-order valence-electron chi connectivity index (χ0n) is 27.6. The van der Waals surface area contributed by atoms with E-state index in [0.29, 0.717) is 22.3 Å². The standard InChI is InChI=1S/C44H36N4/c1-31-5-17-37(18-6-31)47(38-19-7-32(2)8-20-38)41-25-13-35(14-26-41)43(29-45)44(30-46)36-15-27-42(28-16-36)48(39-21-9-33(3)10-22-39)40-23-11-34(4)12-24-40/h5-28H,1-4H3/b44-43-. The van der Waals surface area contributed by atoms with E-state index in [9.17, 15) is 10.5 Å². The highest BCUT2D eigenvalue weighted by molar-refractivity contribution is 6.03. The molecule has 0 aliphatic heterocycles. The average molecular weight is 621 g/mol. The number of nitrogens with zero attached hydrogens (tertiary/aromatic N) is 4. The summed E-state index contributed by atoms with van der Waals surface area (Å²) in [7, 11) is 0. The molecule has 6 aromatic carbocycles. The van der Waals surface area contributed by atoms with Gasteiger partial charge in [-0.25, -0.2) is 0 Å². The van der Waals surface area contributed by atoms with Crippen LogP contribution < -0.4 is 9.80 Å². The maximum absolute atomic E-state index is 10.3. The Hall–Kier alpha value is -6.36. The number of benzene rings is 6. The zero-order chi connectivity index (χ0) is 33.6. The van der Waals surface area contributed by atoms with E-state index in [2.05, 4.69) is 147 Å². The molecule has 0 saturated carbocycles. The summed E-state index contributed by atoms with van der Waals surface area (Å²) < 4.78 is 0. The molecule has 0 heterocycles. The molecule has 6 rings (SSSR count). The quantitative estimate of drug-likeness (QED) is 0.125. The van der Waals surface area contributed by atoms with Crippen LogP contribution in [0.25, 0.3) is 11.1 Å². The summed E-state index contributed by atoms with van der Waals surface area (Å²) in [6.45, 7) is 8.31. The maximum Gasteiger partial charge on any atom is 0.101 e. The van der Waals surface area contributed by atoms with E-state index in [1.54, 1.807) is 0 Å². The van der Waals surface area contributed by atoms with Crippen LogP contribution in [0.3, 0.4) is 0 Å². The summed E-state index contributed by atoms with van der Waals surface area (Å²) in [6, 6.07) is 54.1. The smallest absolute Gasteiger partial charge is 0.101 e. The first-order chi connectivity index (χ1) is 23.3. The van der Waals surface area contributed by atoms with Gasteiger partial charge in [-0.15, -0.1) is 0 Å². The number of nitriles is 2. The van der Waals surface area contributed by atoms with Crippen LogP contribution in [0.2, 0.25) is 0 Å². The predicted octanol–water partition coefficient (Wildman–Crippen LogP) is 11.8. The maximum atomic E-state index is 10.3. The minimum atomic E-state index is 0.336. The molecule has 0 bridgehead atoms. The van der Waals surface area contributed by atoms with Crippen LogP contribution >= 0.6 is 0 Å². The Morgan fingerprint density at radius 3 is 0.708 bits per heavy atom. The van der Waals surface area contributed by atoms with E-state index in [0.717, 1.165) is 34.1 Å². The summed E-state index contributed by atoms with van der Waals surface area (Å²) in [5, 5.41) is 20.7. The first kappa shape index (κ1) is 31.6. The molecule has 6 aromatic rings. The third-order valence-corrected chi connectivity index (χ3v) is 8.47. The number of hydrogen-bond donors (Lipinski definition) is 0. The molecule has 0 unspecified atom stereocenters. The van der Waals surface area contributed by atoms with E-state index in [1.807, 2.05) is 48.5 Å². The van der Waals surface area contributed by atoms with Crippen molar-refractivity contribution in [3.05, 3.63) is 179 Å². The molecule has 0 radical (unpaired) electrons. The normalized spacial score (nSPS) is 11.2. The lowest BCUT2D eigenvalue weighted by Gasteiger charge is -2.26. The molecule has 0 saturated heterocycles. The summed E-state index contributed by atoms with van der Waals surface area (Å²) in [5.74, 6) is 0. The molecule has 0 aliphatic rings. The second kappa shape index (κ2) is 14.0. The van der Waals surface area contributed by atoms with Gasteiger partial charge in [0.15, 0.2) is 0 Å². The first-order valence-electron chi connectivity index (χ1n) is 16.0. The number of rotatable bonds is 8. The van der Waals surface area contributed by atoms with Gasteiger partial charge in [0.25, 0.3) is 0 Å². The van der Waals surface area contributed by atoms with E-state index < -0.39 is 0 Å². The molecule has 0 aliphatic carbocycles. The summed E-state index contributed by atoms with van der Waals surface area (Å²) in [5.41, 5.74) is 12.9. The van der Waals surface area contributed by atoms with Crippen molar-refractivity contribution in [3.63, 3.8) is 0 Å². The van der Waals surface area contributed by atoms with Gasteiger partial charge in [-0.1, -0.05) is 95.1 Å². The molecule has 232 valence electrons. The number of allylic oxidation sites excluding steroid dienone is 2. The van der Waals surface area contributed by atoms with E-state index in [1.165, 1.54) is 22.3 Å². The van der Waals surface area contributed by atoms with E-state index >= 15 is 0 Å². The SMILES string of the molecule is Cc1ccc(N(c2ccc(C)cc2)c2ccc(/C(C#N)=C(/C#N)c3ccc(N(c4ccc(C)cc4)c4ccc(C)cc4)cc3)cc2)cc1. The lowest BCUT2D eigenvalue weighted by Crippen LogP contribution is -2.10. The summed E-state index contributed by atoms with van der Waals surface area (Å²) in [6.07, 6.45) is 0. The Bertz CT molecular complexity index is 1880. The fourth-order valence-corrected chi connectivity index (χ4v) is 5.75. The van der Waals surface area contributed by atoms with Crippen LogP contribution in [0.15, 0.2) is 146 Å². The molecular formula is C44H36N4. The topological polar surface area (TPSA) is 54.1 Å². The van der Waals surface area contributed by atoms with Gasteiger partial charge < -0.3 is 9.80 Å². The second-order valence-corrected chi connectivity index (χ2v) is 12.1. The highest BCUT2D eigenvalue weighted by Gasteiger charge is 2.17. The first-order valence-corrected chi connectivity index (χ1v) is 16.0. The minimum Gasteiger partial charge on any atom is -0.311 e. The minimum absolute atomic E-state index is 0.336. The van der Waals surface area contributed by atoms with Gasteiger partial charge in [0.1, 0.15) is 12.1 Å². The molecule has 48 heavy (non-hydrogen) atoms. The highest BCUT2D eigenvalue weighted by Crippen LogP contribution is 2.38. The average Bonchev–Trinajstić information content (AvgIpc) is 3.11. The Labute approximate surface area is 283 Å². The van der Waals surface area contributed by atoms with Crippen LogP contribution in [0.5, 0.6) is 0 Å². The molecule has 0 amide bonds. The summed E-state index contributed by atoms with van der Waals surface area (Å²) >= 11 is 0. The van der Waals surface area contributed by atoms with Gasteiger partial charge in [-0.3, -0.25) is 0 Å². The van der Waals surface area contributed by atoms with Crippen LogP contribution in [-0.2, 0) is 0 Å². The molecule has 0 spiro atoms. The van der Waals surface area contributed by atoms with Crippen molar-refractivity contribution in [2.24, 2.45) is 0 Å². The number of aryl methyl sites for hydroxylation is 4. The molecule has 0 fully saturated rings. The largest absolute Gasteiger partial charge is 0.311 e. The zero-order valence-corrected chi connectivity index (χ0v) is 27.6. The number of hydrogen-bond acceptors (Lipinski definition) is 4. The van der Waals surface area contributed by atoms with Crippen molar-refractivity contribution in [2.75, 3.05) is 9.80 Å².